The highest BCUT2D eigenvalue weighted by atomic mass is 35.5. The highest BCUT2D eigenvalue weighted by Crippen LogP contribution is 2.34. The zero-order valence-corrected chi connectivity index (χ0v) is 13.8. The molecule has 0 spiro atoms. The molecule has 0 aliphatic carbocycles. The first-order chi connectivity index (χ1) is 9.61. The maximum absolute atomic E-state index is 6.27. The predicted octanol–water partition coefficient (Wildman–Crippen LogP) is 5.95. The molecule has 0 saturated carbocycles. The molecule has 0 aliphatic rings. The Hall–Kier alpha value is -0.400. The molecular weight excluding hydrogens is 334 g/mol. The summed E-state index contributed by atoms with van der Waals surface area (Å²) in [6.45, 7) is 0. The number of rotatable bonds is 5. The topological polar surface area (TPSA) is 0 Å². The number of benzene rings is 2. The first-order valence-electron chi connectivity index (χ1n) is 6.23. The second-order valence-electron chi connectivity index (χ2n) is 4.83. The van der Waals surface area contributed by atoms with Crippen molar-refractivity contribution in [2.75, 3.05) is 11.8 Å². The molecule has 106 valence electrons. The fourth-order valence-electron chi connectivity index (χ4n) is 2.21. The van der Waals surface area contributed by atoms with E-state index < -0.39 is 0 Å². The van der Waals surface area contributed by atoms with Crippen molar-refractivity contribution in [3.8, 4) is 0 Å². The van der Waals surface area contributed by atoms with E-state index in [2.05, 4.69) is 12.1 Å². The summed E-state index contributed by atoms with van der Waals surface area (Å²) in [4.78, 5) is 0. The van der Waals surface area contributed by atoms with Gasteiger partial charge < -0.3 is 0 Å². The summed E-state index contributed by atoms with van der Waals surface area (Å²) in [6.07, 6.45) is 0.681. The van der Waals surface area contributed by atoms with Gasteiger partial charge in [0.2, 0.25) is 0 Å². The van der Waals surface area contributed by atoms with Crippen molar-refractivity contribution < 1.29 is 0 Å². The van der Waals surface area contributed by atoms with Crippen LogP contribution in [-0.4, -0.2) is 11.8 Å². The van der Waals surface area contributed by atoms with Crippen LogP contribution in [0.4, 0.5) is 0 Å². The molecule has 0 aliphatic heterocycles. The van der Waals surface area contributed by atoms with E-state index in [4.69, 9.17) is 46.4 Å². The van der Waals surface area contributed by atoms with E-state index >= 15 is 0 Å². The van der Waals surface area contributed by atoms with Crippen LogP contribution < -0.4 is 0 Å². The fraction of sp³-hybridized carbons (Fsp3) is 0.250. The lowest BCUT2D eigenvalue weighted by Crippen LogP contribution is -2.33. The first kappa shape index (κ1) is 16.0. The van der Waals surface area contributed by atoms with E-state index in [9.17, 15) is 0 Å². The molecule has 0 N–H and O–H groups in total. The van der Waals surface area contributed by atoms with Gasteiger partial charge >= 0.3 is 0 Å². The molecule has 0 atom stereocenters. The lowest BCUT2D eigenvalue weighted by atomic mass is 9.79. The molecule has 0 nitrogen and oxygen atoms in total. The number of hydrogen-bond donors (Lipinski definition) is 0. The smallest absolute Gasteiger partial charge is 0.0453 e. The summed E-state index contributed by atoms with van der Waals surface area (Å²) in [5, 5.41) is 1.27. The molecule has 0 bridgehead atoms. The molecule has 2 aromatic carbocycles. The van der Waals surface area contributed by atoms with E-state index in [1.165, 1.54) is 0 Å². The standard InChI is InChI=1S/C16H14Cl4/c17-10-16(11-18,13-4-2-1-3-5-13)9-12-6-7-14(19)8-15(12)20/h1-8H,9-11H2. The minimum absolute atomic E-state index is 0.332. The maximum atomic E-state index is 6.27. The Morgan fingerprint density at radius 2 is 1.50 bits per heavy atom. The summed E-state index contributed by atoms with van der Waals surface area (Å²) in [6, 6.07) is 15.6. The Morgan fingerprint density at radius 1 is 0.850 bits per heavy atom. The second-order valence-corrected chi connectivity index (χ2v) is 6.20. The Bertz CT molecular complexity index is 562. The Morgan fingerprint density at radius 3 is 2.05 bits per heavy atom. The molecule has 2 rings (SSSR count). The summed E-state index contributed by atoms with van der Waals surface area (Å²) >= 11 is 24.7. The van der Waals surface area contributed by atoms with Gasteiger partial charge in [-0.1, -0.05) is 59.6 Å². The van der Waals surface area contributed by atoms with Crippen LogP contribution in [-0.2, 0) is 11.8 Å². The molecule has 0 amide bonds. The average molecular weight is 348 g/mol. The van der Waals surface area contributed by atoms with Crippen molar-refractivity contribution in [1.82, 2.24) is 0 Å². The molecule has 0 aromatic heterocycles. The maximum Gasteiger partial charge on any atom is 0.0453 e. The number of alkyl halides is 2. The molecule has 0 unspecified atom stereocenters. The molecule has 0 heterocycles. The minimum atomic E-state index is -0.332. The second kappa shape index (κ2) is 7.04. The van der Waals surface area contributed by atoms with E-state index in [1.54, 1.807) is 6.07 Å². The quantitative estimate of drug-likeness (QED) is 0.586. The summed E-state index contributed by atoms with van der Waals surface area (Å²) < 4.78 is 0. The van der Waals surface area contributed by atoms with Gasteiger partial charge in [-0.25, -0.2) is 0 Å². The van der Waals surface area contributed by atoms with Gasteiger partial charge in [-0.05, 0) is 29.7 Å². The van der Waals surface area contributed by atoms with E-state index in [-0.39, 0.29) is 5.41 Å². The van der Waals surface area contributed by atoms with E-state index in [0.717, 1.165) is 11.1 Å². The molecule has 2 aromatic rings. The van der Waals surface area contributed by atoms with Gasteiger partial charge in [0.05, 0.1) is 0 Å². The number of halogens is 4. The third-order valence-corrected chi connectivity index (χ3v) is 5.05. The van der Waals surface area contributed by atoms with Crippen LogP contribution in [0, 0.1) is 0 Å². The molecule has 0 radical (unpaired) electrons. The molecule has 0 fully saturated rings. The molecule has 20 heavy (non-hydrogen) atoms. The highest BCUT2D eigenvalue weighted by Gasteiger charge is 2.31. The zero-order valence-electron chi connectivity index (χ0n) is 10.8. The predicted molar refractivity (Wildman–Crippen MR) is 89.7 cm³/mol. The van der Waals surface area contributed by atoms with Crippen molar-refractivity contribution in [1.29, 1.82) is 0 Å². The average Bonchev–Trinajstić information content (AvgIpc) is 2.48. The van der Waals surface area contributed by atoms with E-state index in [0.29, 0.717) is 28.2 Å². The van der Waals surface area contributed by atoms with Crippen LogP contribution >= 0.6 is 46.4 Å². The Labute approximate surface area is 139 Å². The van der Waals surface area contributed by atoms with Crippen molar-refractivity contribution in [3.05, 3.63) is 69.7 Å². The monoisotopic (exact) mass is 346 g/mol. The van der Waals surface area contributed by atoms with Gasteiger partial charge in [0, 0.05) is 27.2 Å². The van der Waals surface area contributed by atoms with Crippen molar-refractivity contribution in [2.24, 2.45) is 0 Å². The van der Waals surface area contributed by atoms with Crippen molar-refractivity contribution in [2.45, 2.75) is 11.8 Å². The Balaban J connectivity index is 2.39. The van der Waals surface area contributed by atoms with Crippen LogP contribution in [0.25, 0.3) is 0 Å². The van der Waals surface area contributed by atoms with Crippen molar-refractivity contribution >= 4 is 46.4 Å². The lowest BCUT2D eigenvalue weighted by molar-refractivity contribution is 0.536. The van der Waals surface area contributed by atoms with Crippen LogP contribution in [0.3, 0.4) is 0 Å². The largest absolute Gasteiger partial charge is 0.126 e. The minimum Gasteiger partial charge on any atom is -0.126 e. The SMILES string of the molecule is ClCC(CCl)(Cc1ccc(Cl)cc1Cl)c1ccccc1. The van der Waals surface area contributed by atoms with Gasteiger partial charge in [0.1, 0.15) is 0 Å². The third kappa shape index (κ3) is 3.43. The summed E-state index contributed by atoms with van der Waals surface area (Å²) in [5.74, 6) is 0.860. The normalized spacial score (nSPS) is 11.6. The summed E-state index contributed by atoms with van der Waals surface area (Å²) in [7, 11) is 0. The fourth-order valence-corrected chi connectivity index (χ4v) is 3.47. The van der Waals surface area contributed by atoms with Gasteiger partial charge in [0.15, 0.2) is 0 Å². The van der Waals surface area contributed by atoms with Gasteiger partial charge in [0.25, 0.3) is 0 Å². The van der Waals surface area contributed by atoms with Crippen LogP contribution in [0.1, 0.15) is 11.1 Å². The zero-order chi connectivity index (χ0) is 14.6. The van der Waals surface area contributed by atoms with E-state index in [1.807, 2.05) is 30.3 Å². The highest BCUT2D eigenvalue weighted by molar-refractivity contribution is 6.35. The van der Waals surface area contributed by atoms with Crippen molar-refractivity contribution in [3.63, 3.8) is 0 Å². The third-order valence-electron chi connectivity index (χ3n) is 3.44. The van der Waals surface area contributed by atoms with Gasteiger partial charge in [-0.3, -0.25) is 0 Å². The molecule has 0 saturated heterocycles. The summed E-state index contributed by atoms with van der Waals surface area (Å²) in [5.41, 5.74) is 1.79. The first-order valence-corrected chi connectivity index (χ1v) is 8.05. The molecular formula is C16H14Cl4. The van der Waals surface area contributed by atoms with Crippen LogP contribution in [0.15, 0.2) is 48.5 Å². The van der Waals surface area contributed by atoms with Crippen LogP contribution in [0.2, 0.25) is 10.0 Å². The lowest BCUT2D eigenvalue weighted by Gasteiger charge is -2.30. The van der Waals surface area contributed by atoms with Gasteiger partial charge in [-0.2, -0.15) is 0 Å². The Kier molecular flexibility index (Phi) is 5.63. The molecule has 4 heteroatoms. The number of hydrogen-bond acceptors (Lipinski definition) is 0. The van der Waals surface area contributed by atoms with Crippen LogP contribution in [0.5, 0.6) is 0 Å². The van der Waals surface area contributed by atoms with Gasteiger partial charge in [-0.15, -0.1) is 23.2 Å².